The smallest absolute Gasteiger partial charge is 0.276 e. The molecular weight excluding hydrogens is 394 g/mol. The van der Waals surface area contributed by atoms with E-state index in [1.165, 1.54) is 0 Å². The third kappa shape index (κ3) is 4.70. The number of hydrogen-bond acceptors (Lipinski definition) is 8. The molecule has 1 heterocycles. The lowest BCUT2D eigenvalue weighted by atomic mass is 10.1. The molecule has 0 saturated carbocycles. The minimum atomic E-state index is -1.01. The summed E-state index contributed by atoms with van der Waals surface area (Å²) in [7, 11) is 0. The van der Waals surface area contributed by atoms with E-state index in [4.69, 9.17) is 0 Å². The van der Waals surface area contributed by atoms with Crippen molar-refractivity contribution in [3.63, 3.8) is 0 Å². The fourth-order valence-electron chi connectivity index (χ4n) is 2.70. The van der Waals surface area contributed by atoms with Crippen molar-refractivity contribution in [2.45, 2.75) is 6.54 Å². The molecular formula is C19H14N5O6-. The van der Waals surface area contributed by atoms with E-state index in [-0.39, 0.29) is 17.9 Å². The average Bonchev–Trinajstić information content (AvgIpc) is 3.22. The van der Waals surface area contributed by atoms with E-state index in [0.717, 1.165) is 17.8 Å². The topological polar surface area (TPSA) is 157 Å². The van der Waals surface area contributed by atoms with Crippen LogP contribution in [-0.4, -0.2) is 38.2 Å². The van der Waals surface area contributed by atoms with Crippen LogP contribution < -0.4 is 5.11 Å². The van der Waals surface area contributed by atoms with Crippen molar-refractivity contribution in [1.29, 1.82) is 0 Å². The molecule has 0 N–H and O–H groups in total. The molecule has 30 heavy (non-hydrogen) atoms. The van der Waals surface area contributed by atoms with Crippen LogP contribution >= 0.6 is 0 Å². The highest BCUT2D eigenvalue weighted by Crippen LogP contribution is 2.31. The van der Waals surface area contributed by atoms with E-state index < -0.39 is 27.0 Å². The Labute approximate surface area is 169 Å². The van der Waals surface area contributed by atoms with Crippen LogP contribution in [0.1, 0.15) is 21.5 Å². The highest BCUT2D eigenvalue weighted by atomic mass is 16.6. The number of benzene rings is 2. The number of carbonyl (C=O) groups is 1. The van der Waals surface area contributed by atoms with Crippen LogP contribution in [0.5, 0.6) is 5.75 Å². The van der Waals surface area contributed by atoms with E-state index in [1.807, 2.05) is 6.07 Å². The molecule has 0 saturated heterocycles. The van der Waals surface area contributed by atoms with Gasteiger partial charge in [-0.2, -0.15) is 5.10 Å². The summed E-state index contributed by atoms with van der Waals surface area (Å²) in [5.41, 5.74) is -0.631. The van der Waals surface area contributed by atoms with E-state index in [0.29, 0.717) is 18.2 Å². The number of aliphatic imine (C=N–C) groups is 1. The molecule has 0 aliphatic carbocycles. The van der Waals surface area contributed by atoms with Crippen LogP contribution in [0.2, 0.25) is 0 Å². The summed E-state index contributed by atoms with van der Waals surface area (Å²) < 4.78 is 1.70. The number of nitro groups is 2. The van der Waals surface area contributed by atoms with Crippen molar-refractivity contribution in [2.75, 3.05) is 6.54 Å². The van der Waals surface area contributed by atoms with Crippen molar-refractivity contribution in [3.8, 4) is 5.75 Å². The van der Waals surface area contributed by atoms with Gasteiger partial charge in [-0.3, -0.25) is 34.7 Å². The number of rotatable bonds is 8. The first kappa shape index (κ1) is 20.3. The van der Waals surface area contributed by atoms with Gasteiger partial charge >= 0.3 is 0 Å². The number of nitro benzene ring substituents is 2. The molecule has 2 aromatic carbocycles. The monoisotopic (exact) mass is 408 g/mol. The first-order valence-corrected chi connectivity index (χ1v) is 8.58. The van der Waals surface area contributed by atoms with Gasteiger partial charge in [0.1, 0.15) is 6.54 Å². The van der Waals surface area contributed by atoms with Crippen LogP contribution in [0.3, 0.4) is 0 Å². The summed E-state index contributed by atoms with van der Waals surface area (Å²) in [6.07, 6.45) is 4.37. The summed E-state index contributed by atoms with van der Waals surface area (Å²) in [5.74, 6) is -1.36. The van der Waals surface area contributed by atoms with Gasteiger partial charge in [0.2, 0.25) is 0 Å². The number of non-ortho nitro benzene ring substituents is 1. The molecule has 11 heteroatoms. The number of hydrogen-bond donors (Lipinski definition) is 0. The van der Waals surface area contributed by atoms with Gasteiger partial charge in [-0.25, -0.2) is 0 Å². The number of aromatic nitrogens is 2. The molecule has 0 aliphatic heterocycles. The van der Waals surface area contributed by atoms with Gasteiger partial charge in [-0.1, -0.05) is 18.2 Å². The molecule has 0 fully saturated rings. The molecule has 0 radical (unpaired) electrons. The number of nitrogens with zero attached hydrogens (tertiary/aromatic N) is 5. The standard InChI is InChI=1S/C19H15N5O6/c25-18(14-4-1-3-13(7-14)12-22-6-2-5-21-22)11-20-10-15-8-16(23(27)28)9-17(19(15)26)24(29)30/h1-10,26H,11-12H2/p-1. The Kier molecular flexibility index (Phi) is 5.92. The molecule has 0 atom stereocenters. The average molecular weight is 408 g/mol. The number of carbonyl (C=O) groups excluding carboxylic acids is 1. The summed E-state index contributed by atoms with van der Waals surface area (Å²) in [6, 6.07) is 10.1. The van der Waals surface area contributed by atoms with E-state index >= 15 is 0 Å². The second-order valence-electron chi connectivity index (χ2n) is 6.19. The predicted octanol–water partition coefficient (Wildman–Crippen LogP) is 2.12. The molecule has 0 spiro atoms. The molecule has 0 bridgehead atoms. The van der Waals surface area contributed by atoms with Gasteiger partial charge in [-0.15, -0.1) is 0 Å². The SMILES string of the molecule is O=C(CN=Cc1cc([N+](=O)[O-])cc([N+](=O)[O-])c1[O-])c1cccc(Cn2cccn2)c1. The molecule has 3 rings (SSSR count). The molecule has 0 aliphatic rings. The van der Waals surface area contributed by atoms with Crippen molar-refractivity contribution in [3.05, 3.63) is 91.8 Å². The van der Waals surface area contributed by atoms with Crippen molar-refractivity contribution < 1.29 is 19.7 Å². The summed E-state index contributed by atoms with van der Waals surface area (Å²) in [6.45, 7) is 0.148. The highest BCUT2D eigenvalue weighted by molar-refractivity contribution is 5.99. The lowest BCUT2D eigenvalue weighted by molar-refractivity contribution is -0.403. The largest absolute Gasteiger partial charge is 0.867 e. The molecule has 1 aromatic heterocycles. The molecule has 152 valence electrons. The van der Waals surface area contributed by atoms with Gasteiger partial charge in [-0.05, 0) is 29.0 Å². The third-order valence-corrected chi connectivity index (χ3v) is 4.11. The minimum absolute atomic E-state index is 0.332. The quantitative estimate of drug-likeness (QED) is 0.239. The Morgan fingerprint density at radius 1 is 1.13 bits per heavy atom. The van der Waals surface area contributed by atoms with E-state index in [2.05, 4.69) is 10.1 Å². The third-order valence-electron chi connectivity index (χ3n) is 4.11. The Morgan fingerprint density at radius 2 is 1.93 bits per heavy atom. The summed E-state index contributed by atoms with van der Waals surface area (Å²) >= 11 is 0. The maximum Gasteiger partial charge on any atom is 0.276 e. The van der Waals surface area contributed by atoms with Crippen LogP contribution in [0.4, 0.5) is 11.4 Å². The van der Waals surface area contributed by atoms with Crippen molar-refractivity contribution in [2.24, 2.45) is 4.99 Å². The van der Waals surface area contributed by atoms with Crippen molar-refractivity contribution >= 4 is 23.4 Å². The van der Waals surface area contributed by atoms with Crippen LogP contribution in [0.15, 0.2) is 59.9 Å². The first-order chi connectivity index (χ1) is 14.3. The fraction of sp³-hybridized carbons (Fsp3) is 0.105. The molecule has 0 amide bonds. The van der Waals surface area contributed by atoms with E-state index in [9.17, 15) is 30.1 Å². The first-order valence-electron chi connectivity index (χ1n) is 8.58. The Morgan fingerprint density at radius 3 is 2.60 bits per heavy atom. The lowest BCUT2D eigenvalue weighted by Crippen LogP contribution is -2.07. The number of ketones is 1. The van der Waals surface area contributed by atoms with Gasteiger partial charge in [0.15, 0.2) is 5.78 Å². The van der Waals surface area contributed by atoms with Crippen LogP contribution in [0.25, 0.3) is 0 Å². The van der Waals surface area contributed by atoms with Crippen molar-refractivity contribution in [1.82, 2.24) is 9.78 Å². The number of Topliss-reactive ketones (excluding diaryl/α,β-unsaturated/α-hetero) is 1. The molecule has 3 aromatic rings. The van der Waals surface area contributed by atoms with Gasteiger partial charge in [0.25, 0.3) is 11.4 Å². The lowest BCUT2D eigenvalue weighted by Gasteiger charge is -2.10. The maximum absolute atomic E-state index is 12.4. The maximum atomic E-state index is 12.4. The van der Waals surface area contributed by atoms with Gasteiger partial charge in [0.05, 0.1) is 22.5 Å². The normalized spacial score (nSPS) is 10.9. The highest BCUT2D eigenvalue weighted by Gasteiger charge is 2.18. The zero-order valence-corrected chi connectivity index (χ0v) is 15.4. The van der Waals surface area contributed by atoms with Gasteiger partial charge in [0, 0.05) is 30.2 Å². The zero-order chi connectivity index (χ0) is 21.7. The van der Waals surface area contributed by atoms with Crippen LogP contribution in [-0.2, 0) is 6.54 Å². The van der Waals surface area contributed by atoms with Gasteiger partial charge < -0.3 is 5.11 Å². The second-order valence-corrected chi connectivity index (χ2v) is 6.19. The Hall–Kier alpha value is -4.41. The van der Waals surface area contributed by atoms with Crippen LogP contribution in [0, 0.1) is 20.2 Å². The summed E-state index contributed by atoms with van der Waals surface area (Å²) in [4.78, 5) is 36.3. The Balaban J connectivity index is 1.76. The predicted molar refractivity (Wildman–Crippen MR) is 104 cm³/mol. The minimum Gasteiger partial charge on any atom is -0.867 e. The fourth-order valence-corrected chi connectivity index (χ4v) is 2.70. The summed E-state index contributed by atoms with van der Waals surface area (Å²) in [5, 5.41) is 38.0. The molecule has 11 nitrogen and oxygen atoms in total. The Bertz CT molecular complexity index is 1140. The molecule has 0 unspecified atom stereocenters. The zero-order valence-electron chi connectivity index (χ0n) is 15.4. The second kappa shape index (κ2) is 8.73. The van der Waals surface area contributed by atoms with E-state index in [1.54, 1.807) is 41.3 Å².